The maximum Gasteiger partial charge on any atom is 0.165 e. The number of fused-ring (bicyclic) bond motifs is 1. The number of hydrogen-bond donors (Lipinski definition) is 0. The second-order valence-electron chi connectivity index (χ2n) is 5.66. The van der Waals surface area contributed by atoms with Gasteiger partial charge in [0.1, 0.15) is 18.1 Å². The molecule has 0 saturated heterocycles. The van der Waals surface area contributed by atoms with Gasteiger partial charge in [0.15, 0.2) is 5.75 Å². The number of hydrogen-bond acceptors (Lipinski definition) is 3. The summed E-state index contributed by atoms with van der Waals surface area (Å²) < 4.78 is 13.0. The summed E-state index contributed by atoms with van der Waals surface area (Å²) in [4.78, 5) is 0. The Morgan fingerprint density at radius 1 is 1.08 bits per heavy atom. The third-order valence-electron chi connectivity index (χ3n) is 4.16. The van der Waals surface area contributed by atoms with E-state index in [1.165, 1.54) is 16.7 Å². The molecule has 120 valence electrons. The van der Waals surface area contributed by atoms with Crippen molar-refractivity contribution in [2.24, 2.45) is 0 Å². The van der Waals surface area contributed by atoms with E-state index in [4.69, 9.17) is 9.47 Å². The van der Waals surface area contributed by atoms with Crippen LogP contribution < -0.4 is 9.47 Å². The quantitative estimate of drug-likeness (QED) is 0.735. The topological polar surface area (TPSA) is 36.3 Å². The second kappa shape index (κ2) is 6.24. The number of benzene rings is 2. The Labute approximate surface area is 141 Å². The molecule has 0 unspecified atom stereocenters. The van der Waals surface area contributed by atoms with Crippen molar-refractivity contribution in [3.63, 3.8) is 0 Å². The van der Waals surface area contributed by atoms with Gasteiger partial charge in [-0.15, -0.1) is 0 Å². The fourth-order valence-corrected chi connectivity index (χ4v) is 2.95. The lowest BCUT2D eigenvalue weighted by molar-refractivity contribution is 0.356. The largest absolute Gasteiger partial charge is 0.497 e. The van der Waals surface area contributed by atoms with Gasteiger partial charge >= 0.3 is 0 Å². The van der Waals surface area contributed by atoms with Crippen LogP contribution in [-0.4, -0.2) is 23.5 Å². The molecule has 4 nitrogen and oxygen atoms in total. The van der Waals surface area contributed by atoms with Crippen molar-refractivity contribution < 1.29 is 9.47 Å². The summed E-state index contributed by atoms with van der Waals surface area (Å²) in [5.41, 5.74) is 4.55. The summed E-state index contributed by atoms with van der Waals surface area (Å²) in [6, 6.07) is 18.4. The monoisotopic (exact) mass is 318 g/mol. The molecule has 24 heavy (non-hydrogen) atoms. The lowest BCUT2D eigenvalue weighted by Gasteiger charge is -2.18. The Kier molecular flexibility index (Phi) is 3.79. The first-order chi connectivity index (χ1) is 11.8. The van der Waals surface area contributed by atoms with E-state index in [2.05, 4.69) is 47.6 Å². The summed E-state index contributed by atoms with van der Waals surface area (Å²) >= 11 is 0. The number of aromatic nitrogens is 2. The van der Waals surface area contributed by atoms with Crippen LogP contribution in [0.2, 0.25) is 0 Å². The summed E-state index contributed by atoms with van der Waals surface area (Å²) in [6.07, 6.45) is 3.92. The number of rotatable bonds is 4. The van der Waals surface area contributed by atoms with Gasteiger partial charge in [0.25, 0.3) is 0 Å². The van der Waals surface area contributed by atoms with E-state index < -0.39 is 0 Å². The highest BCUT2D eigenvalue weighted by Gasteiger charge is 2.21. The van der Waals surface area contributed by atoms with Crippen LogP contribution in [0.4, 0.5) is 0 Å². The number of methoxy groups -OCH3 is 1. The van der Waals surface area contributed by atoms with Gasteiger partial charge in [0.2, 0.25) is 0 Å². The zero-order valence-corrected chi connectivity index (χ0v) is 13.5. The molecule has 0 fully saturated rings. The predicted octanol–water partition coefficient (Wildman–Crippen LogP) is 3.76. The molecule has 1 aliphatic rings. The van der Waals surface area contributed by atoms with Gasteiger partial charge in [-0.05, 0) is 29.3 Å². The summed E-state index contributed by atoms with van der Waals surface area (Å²) in [6.45, 7) is 1.26. The van der Waals surface area contributed by atoms with Crippen molar-refractivity contribution >= 4 is 5.57 Å². The SMILES string of the molecule is COc1ccc(Cn2ncc3c2C(c2ccccc2)=CCO3)cc1. The lowest BCUT2D eigenvalue weighted by atomic mass is 10.0. The van der Waals surface area contributed by atoms with E-state index in [1.54, 1.807) is 13.3 Å². The highest BCUT2D eigenvalue weighted by Crippen LogP contribution is 2.34. The maximum absolute atomic E-state index is 5.75. The van der Waals surface area contributed by atoms with Crippen LogP contribution in [0.25, 0.3) is 5.57 Å². The van der Waals surface area contributed by atoms with Crippen LogP contribution in [0.3, 0.4) is 0 Å². The lowest BCUT2D eigenvalue weighted by Crippen LogP contribution is -2.11. The van der Waals surface area contributed by atoms with E-state index >= 15 is 0 Å². The highest BCUT2D eigenvalue weighted by molar-refractivity contribution is 5.82. The van der Waals surface area contributed by atoms with Crippen LogP contribution in [0.15, 0.2) is 66.9 Å². The minimum absolute atomic E-state index is 0.575. The van der Waals surface area contributed by atoms with Crippen molar-refractivity contribution in [2.45, 2.75) is 6.54 Å². The molecule has 3 aromatic rings. The van der Waals surface area contributed by atoms with Crippen molar-refractivity contribution in [1.82, 2.24) is 9.78 Å². The zero-order valence-electron chi connectivity index (χ0n) is 13.5. The van der Waals surface area contributed by atoms with Crippen LogP contribution in [0.1, 0.15) is 16.8 Å². The minimum atomic E-state index is 0.575. The Bertz CT molecular complexity index is 864. The molecule has 4 heteroatoms. The summed E-state index contributed by atoms with van der Waals surface area (Å²) in [7, 11) is 1.67. The van der Waals surface area contributed by atoms with Crippen molar-refractivity contribution in [3.8, 4) is 11.5 Å². The van der Waals surface area contributed by atoms with E-state index in [1.807, 2.05) is 22.9 Å². The van der Waals surface area contributed by atoms with Gasteiger partial charge in [-0.2, -0.15) is 5.10 Å². The molecule has 1 aliphatic heterocycles. The van der Waals surface area contributed by atoms with Crippen LogP contribution >= 0.6 is 0 Å². The standard InChI is InChI=1S/C20H18N2O2/c1-23-17-9-7-15(8-10-17)14-22-20-18(16-5-3-2-4-6-16)11-12-24-19(20)13-21-22/h2-11,13H,12,14H2,1H3. The molecule has 2 heterocycles. The molecule has 0 aliphatic carbocycles. The van der Waals surface area contributed by atoms with Gasteiger partial charge < -0.3 is 9.47 Å². The molecule has 0 atom stereocenters. The average Bonchev–Trinajstić information content (AvgIpc) is 3.06. The van der Waals surface area contributed by atoms with E-state index in [0.29, 0.717) is 13.2 Å². The first-order valence-electron chi connectivity index (χ1n) is 7.92. The molecule has 0 N–H and O–H groups in total. The summed E-state index contributed by atoms with van der Waals surface area (Å²) in [5, 5.41) is 4.53. The van der Waals surface area contributed by atoms with Crippen LogP contribution in [0, 0.1) is 0 Å². The van der Waals surface area contributed by atoms with E-state index in [0.717, 1.165) is 17.2 Å². The molecule has 1 aromatic heterocycles. The molecule has 0 amide bonds. The fraction of sp³-hybridized carbons (Fsp3) is 0.150. The predicted molar refractivity (Wildman–Crippen MR) is 93.3 cm³/mol. The molecule has 0 spiro atoms. The van der Waals surface area contributed by atoms with Gasteiger partial charge in [0.05, 0.1) is 19.9 Å². The Balaban J connectivity index is 1.69. The Hall–Kier alpha value is -3.01. The normalized spacial score (nSPS) is 13.0. The number of nitrogens with zero attached hydrogens (tertiary/aromatic N) is 2. The molecular formula is C20H18N2O2. The van der Waals surface area contributed by atoms with E-state index in [-0.39, 0.29) is 0 Å². The van der Waals surface area contributed by atoms with Crippen LogP contribution in [0.5, 0.6) is 11.5 Å². The van der Waals surface area contributed by atoms with Crippen molar-refractivity contribution in [2.75, 3.05) is 13.7 Å². The third-order valence-corrected chi connectivity index (χ3v) is 4.16. The first-order valence-corrected chi connectivity index (χ1v) is 7.92. The average molecular weight is 318 g/mol. The smallest absolute Gasteiger partial charge is 0.165 e. The van der Waals surface area contributed by atoms with Crippen molar-refractivity contribution in [1.29, 1.82) is 0 Å². The molecular weight excluding hydrogens is 300 g/mol. The Morgan fingerprint density at radius 2 is 1.88 bits per heavy atom. The number of ether oxygens (including phenoxy) is 2. The van der Waals surface area contributed by atoms with Gasteiger partial charge in [0, 0.05) is 5.57 Å². The van der Waals surface area contributed by atoms with Gasteiger partial charge in [-0.25, -0.2) is 0 Å². The van der Waals surface area contributed by atoms with Crippen LogP contribution in [-0.2, 0) is 6.54 Å². The molecule has 0 bridgehead atoms. The van der Waals surface area contributed by atoms with Gasteiger partial charge in [-0.1, -0.05) is 42.5 Å². The fourth-order valence-electron chi connectivity index (χ4n) is 2.95. The second-order valence-corrected chi connectivity index (χ2v) is 5.66. The molecule has 4 rings (SSSR count). The molecule has 0 radical (unpaired) electrons. The highest BCUT2D eigenvalue weighted by atomic mass is 16.5. The molecule has 2 aromatic carbocycles. The van der Waals surface area contributed by atoms with Gasteiger partial charge in [-0.3, -0.25) is 4.68 Å². The summed E-state index contributed by atoms with van der Waals surface area (Å²) in [5.74, 6) is 1.69. The minimum Gasteiger partial charge on any atom is -0.497 e. The Morgan fingerprint density at radius 3 is 2.62 bits per heavy atom. The maximum atomic E-state index is 5.75. The third kappa shape index (κ3) is 2.67. The molecule has 0 saturated carbocycles. The zero-order chi connectivity index (χ0) is 16.4. The van der Waals surface area contributed by atoms with Crippen molar-refractivity contribution in [3.05, 3.63) is 83.7 Å². The van der Waals surface area contributed by atoms with E-state index in [9.17, 15) is 0 Å². The first kappa shape index (κ1) is 14.6.